The lowest BCUT2D eigenvalue weighted by Gasteiger charge is -2.08. The van der Waals surface area contributed by atoms with Gasteiger partial charge in [-0.1, -0.05) is 23.2 Å². The minimum absolute atomic E-state index is 0.159. The van der Waals surface area contributed by atoms with Gasteiger partial charge in [0.25, 0.3) is 0 Å². The first-order valence-electron chi connectivity index (χ1n) is 4.28. The molecule has 0 amide bonds. The third kappa shape index (κ3) is 3.65. The highest BCUT2D eigenvalue weighted by molar-refractivity contribution is 6.33. The van der Waals surface area contributed by atoms with E-state index < -0.39 is 0 Å². The molecule has 4 nitrogen and oxygen atoms in total. The zero-order chi connectivity index (χ0) is 10.6. The van der Waals surface area contributed by atoms with Crippen molar-refractivity contribution in [2.45, 2.75) is 19.4 Å². The fourth-order valence-electron chi connectivity index (χ4n) is 0.912. The van der Waals surface area contributed by atoms with E-state index in [2.05, 4.69) is 15.5 Å². The third-order valence-corrected chi connectivity index (χ3v) is 2.10. The summed E-state index contributed by atoms with van der Waals surface area (Å²) in [5, 5.41) is 11.0. The Morgan fingerprint density at radius 2 is 2.21 bits per heavy atom. The molecule has 0 aliphatic carbocycles. The number of nitrogens with zero attached hydrogens (tertiary/aromatic N) is 2. The van der Waals surface area contributed by atoms with Crippen LogP contribution in [-0.2, 0) is 0 Å². The molecule has 1 heterocycles. The van der Waals surface area contributed by atoms with Gasteiger partial charge in [-0.05, 0) is 13.3 Å². The molecular formula is C8H12Cl2N4. The van der Waals surface area contributed by atoms with Gasteiger partial charge in [0.2, 0.25) is 0 Å². The Bertz CT molecular complexity index is 303. The molecule has 0 saturated carbocycles. The molecule has 0 aromatic carbocycles. The average Bonchev–Trinajstić information content (AvgIpc) is 2.10. The normalized spacial score (nSPS) is 12.6. The number of aromatic nitrogens is 2. The van der Waals surface area contributed by atoms with Crippen molar-refractivity contribution >= 4 is 28.9 Å². The monoisotopic (exact) mass is 234 g/mol. The Labute approximate surface area is 92.8 Å². The highest BCUT2D eigenvalue weighted by Gasteiger charge is 2.03. The maximum absolute atomic E-state index is 5.79. The van der Waals surface area contributed by atoms with E-state index in [1.165, 1.54) is 0 Å². The number of nitrogens with one attached hydrogen (secondary N) is 1. The number of hydrogen-bond acceptors (Lipinski definition) is 4. The summed E-state index contributed by atoms with van der Waals surface area (Å²) in [6.07, 6.45) is 0.857. The molecule has 0 spiro atoms. The molecule has 6 heteroatoms. The molecule has 1 aromatic heterocycles. The zero-order valence-corrected chi connectivity index (χ0v) is 9.31. The van der Waals surface area contributed by atoms with Gasteiger partial charge in [0.15, 0.2) is 10.3 Å². The lowest BCUT2D eigenvalue weighted by Crippen LogP contribution is -2.19. The van der Waals surface area contributed by atoms with Crippen molar-refractivity contribution in [1.29, 1.82) is 0 Å². The summed E-state index contributed by atoms with van der Waals surface area (Å²) in [7, 11) is 0. The summed E-state index contributed by atoms with van der Waals surface area (Å²) in [4.78, 5) is 0. The van der Waals surface area contributed by atoms with Gasteiger partial charge in [-0.25, -0.2) is 0 Å². The van der Waals surface area contributed by atoms with Gasteiger partial charge in [-0.3, -0.25) is 0 Å². The second-order valence-corrected chi connectivity index (χ2v) is 3.81. The van der Waals surface area contributed by atoms with Crippen LogP contribution in [0.25, 0.3) is 0 Å². The first kappa shape index (κ1) is 11.5. The van der Waals surface area contributed by atoms with E-state index in [0.29, 0.717) is 16.0 Å². The van der Waals surface area contributed by atoms with Crippen LogP contribution >= 0.6 is 23.2 Å². The Hall–Kier alpha value is -0.580. The summed E-state index contributed by atoms with van der Waals surface area (Å²) in [5.74, 6) is 0. The zero-order valence-electron chi connectivity index (χ0n) is 7.80. The fraction of sp³-hybridized carbons (Fsp3) is 0.500. The van der Waals surface area contributed by atoms with Crippen LogP contribution in [0.5, 0.6) is 0 Å². The smallest absolute Gasteiger partial charge is 0.174 e. The molecule has 0 bridgehead atoms. The lowest BCUT2D eigenvalue weighted by molar-refractivity contribution is 0.690. The largest absolute Gasteiger partial charge is 0.382 e. The van der Waals surface area contributed by atoms with Crippen LogP contribution in [-0.4, -0.2) is 22.8 Å². The van der Waals surface area contributed by atoms with E-state index in [1.807, 2.05) is 6.92 Å². The number of halogens is 2. The molecule has 0 aliphatic rings. The van der Waals surface area contributed by atoms with Crippen LogP contribution in [0.1, 0.15) is 13.3 Å². The minimum atomic E-state index is 0.159. The number of hydrogen-bond donors (Lipinski definition) is 2. The summed E-state index contributed by atoms with van der Waals surface area (Å²) in [6.45, 7) is 2.68. The van der Waals surface area contributed by atoms with Crippen LogP contribution < -0.4 is 11.1 Å². The Morgan fingerprint density at radius 3 is 2.86 bits per heavy atom. The second kappa shape index (κ2) is 5.34. The fourth-order valence-corrected chi connectivity index (χ4v) is 1.22. The highest BCUT2D eigenvalue weighted by atomic mass is 35.5. The number of rotatable bonds is 4. The van der Waals surface area contributed by atoms with Gasteiger partial charge in [0.1, 0.15) is 0 Å². The van der Waals surface area contributed by atoms with E-state index >= 15 is 0 Å². The van der Waals surface area contributed by atoms with Crippen molar-refractivity contribution in [3.63, 3.8) is 0 Å². The van der Waals surface area contributed by atoms with Crippen molar-refractivity contribution in [3.8, 4) is 0 Å². The molecule has 1 aromatic rings. The van der Waals surface area contributed by atoms with Gasteiger partial charge < -0.3 is 11.1 Å². The maximum Gasteiger partial charge on any atom is 0.174 e. The molecule has 14 heavy (non-hydrogen) atoms. The quantitative estimate of drug-likeness (QED) is 0.836. The van der Waals surface area contributed by atoms with Gasteiger partial charge in [-0.15, -0.1) is 10.2 Å². The van der Waals surface area contributed by atoms with Gasteiger partial charge in [0.05, 0.1) is 5.69 Å². The summed E-state index contributed by atoms with van der Waals surface area (Å²) >= 11 is 11.4. The second-order valence-electron chi connectivity index (χ2n) is 3.06. The highest BCUT2D eigenvalue weighted by Crippen LogP contribution is 2.20. The van der Waals surface area contributed by atoms with Crippen LogP contribution in [0, 0.1) is 0 Å². The number of anilines is 1. The summed E-state index contributed by atoms with van der Waals surface area (Å²) in [6, 6.07) is 1.80. The van der Waals surface area contributed by atoms with E-state index in [0.717, 1.165) is 13.0 Å². The maximum atomic E-state index is 5.79. The van der Waals surface area contributed by atoms with Crippen molar-refractivity contribution < 1.29 is 0 Å². The van der Waals surface area contributed by atoms with Crippen LogP contribution in [0.4, 0.5) is 5.69 Å². The van der Waals surface area contributed by atoms with Crippen molar-refractivity contribution in [3.05, 3.63) is 16.4 Å². The molecule has 0 fully saturated rings. The molecule has 0 radical (unpaired) electrons. The van der Waals surface area contributed by atoms with E-state index in [4.69, 9.17) is 28.9 Å². The van der Waals surface area contributed by atoms with Crippen molar-refractivity contribution in [2.75, 3.05) is 11.9 Å². The minimum Gasteiger partial charge on any atom is -0.382 e. The Kier molecular flexibility index (Phi) is 4.38. The standard InChI is InChI=1S/C8H12Cl2N4/c1-5(11)2-3-12-6-4-7(9)13-14-8(6)10/h4-5H,2-3,11H2,1H3,(H,12,13). The van der Waals surface area contributed by atoms with Gasteiger partial charge in [-0.2, -0.15) is 0 Å². The van der Waals surface area contributed by atoms with Gasteiger partial charge in [0, 0.05) is 18.7 Å². The molecule has 0 aliphatic heterocycles. The molecule has 3 N–H and O–H groups in total. The van der Waals surface area contributed by atoms with Crippen LogP contribution in [0.3, 0.4) is 0 Å². The van der Waals surface area contributed by atoms with Gasteiger partial charge >= 0.3 is 0 Å². The van der Waals surface area contributed by atoms with Crippen molar-refractivity contribution in [1.82, 2.24) is 10.2 Å². The topological polar surface area (TPSA) is 63.8 Å². The predicted octanol–water partition coefficient (Wildman–Crippen LogP) is 1.93. The first-order chi connectivity index (χ1) is 6.59. The predicted molar refractivity (Wildman–Crippen MR) is 58.8 cm³/mol. The first-order valence-corrected chi connectivity index (χ1v) is 5.03. The molecule has 1 rings (SSSR count). The Morgan fingerprint density at radius 1 is 1.50 bits per heavy atom. The Balaban J connectivity index is 2.53. The summed E-state index contributed by atoms with van der Waals surface area (Å²) in [5.41, 5.74) is 6.28. The van der Waals surface area contributed by atoms with E-state index in [-0.39, 0.29) is 6.04 Å². The third-order valence-electron chi connectivity index (χ3n) is 1.63. The molecular weight excluding hydrogens is 223 g/mol. The number of nitrogens with two attached hydrogens (primary N) is 1. The van der Waals surface area contributed by atoms with E-state index in [9.17, 15) is 0 Å². The van der Waals surface area contributed by atoms with Crippen LogP contribution in [0.2, 0.25) is 10.3 Å². The molecule has 1 atom stereocenters. The summed E-state index contributed by atoms with van der Waals surface area (Å²) < 4.78 is 0. The van der Waals surface area contributed by atoms with Crippen LogP contribution in [0.15, 0.2) is 6.07 Å². The molecule has 1 unspecified atom stereocenters. The van der Waals surface area contributed by atoms with Crippen molar-refractivity contribution in [2.24, 2.45) is 5.73 Å². The SMILES string of the molecule is CC(N)CCNc1cc(Cl)nnc1Cl. The lowest BCUT2D eigenvalue weighted by atomic mass is 10.2. The molecule has 0 saturated heterocycles. The molecule has 78 valence electrons. The van der Waals surface area contributed by atoms with E-state index in [1.54, 1.807) is 6.07 Å². The average molecular weight is 235 g/mol.